The van der Waals surface area contributed by atoms with E-state index in [2.05, 4.69) is 20.9 Å². The van der Waals surface area contributed by atoms with Gasteiger partial charge >= 0.3 is 0 Å². The van der Waals surface area contributed by atoms with Gasteiger partial charge in [-0.3, -0.25) is 14.5 Å². The van der Waals surface area contributed by atoms with E-state index in [1.165, 1.54) is 11.3 Å². The predicted molar refractivity (Wildman–Crippen MR) is 128 cm³/mol. The van der Waals surface area contributed by atoms with Gasteiger partial charge in [0.25, 0.3) is 5.91 Å². The van der Waals surface area contributed by atoms with Crippen LogP contribution in [-0.2, 0) is 0 Å². The van der Waals surface area contributed by atoms with Crippen LogP contribution in [0.25, 0.3) is 11.0 Å². The van der Waals surface area contributed by atoms with Crippen LogP contribution in [0, 0.1) is 6.92 Å². The number of amides is 1. The van der Waals surface area contributed by atoms with Crippen molar-refractivity contribution in [2.24, 2.45) is 0 Å². The standard InChI is InChI=1S/C24H19BrN2O4S/c1-3-9-30-16-6-4-5-14(10-16)20-19-21(28)17-11-15(25)7-8-18(17)31-22(19)23(29)27(20)24-26-13(2)12-32-24/h4-8,10-12,20H,3,9H2,1-2H3/t20-/m1/s1. The largest absolute Gasteiger partial charge is 0.494 e. The van der Waals surface area contributed by atoms with E-state index in [0.717, 1.165) is 22.2 Å². The van der Waals surface area contributed by atoms with Crippen molar-refractivity contribution in [3.63, 3.8) is 0 Å². The Kier molecular flexibility index (Phi) is 5.35. The number of thiazole rings is 1. The second-order valence-corrected chi connectivity index (χ2v) is 9.34. The highest BCUT2D eigenvalue weighted by Gasteiger charge is 2.45. The average Bonchev–Trinajstić information content (AvgIpc) is 3.34. The molecule has 2 aromatic heterocycles. The Hall–Kier alpha value is -2.97. The van der Waals surface area contributed by atoms with Crippen molar-refractivity contribution in [1.82, 2.24) is 4.98 Å². The van der Waals surface area contributed by atoms with Crippen LogP contribution in [0.5, 0.6) is 5.75 Å². The molecule has 0 bridgehead atoms. The smallest absolute Gasteiger partial charge is 0.297 e. The first kappa shape index (κ1) is 20.9. The fourth-order valence-electron chi connectivity index (χ4n) is 3.90. The molecule has 8 heteroatoms. The Morgan fingerprint density at radius 3 is 2.81 bits per heavy atom. The van der Waals surface area contributed by atoms with E-state index in [4.69, 9.17) is 9.15 Å². The van der Waals surface area contributed by atoms with Gasteiger partial charge in [-0.15, -0.1) is 11.3 Å². The predicted octanol–water partition coefficient (Wildman–Crippen LogP) is 5.86. The molecule has 162 valence electrons. The molecule has 32 heavy (non-hydrogen) atoms. The third-order valence-corrected chi connectivity index (χ3v) is 6.74. The van der Waals surface area contributed by atoms with Gasteiger partial charge in [0, 0.05) is 9.85 Å². The van der Waals surface area contributed by atoms with E-state index < -0.39 is 6.04 Å². The van der Waals surface area contributed by atoms with Gasteiger partial charge in [-0.05, 0) is 49.2 Å². The number of nitrogens with zero attached hydrogens (tertiary/aromatic N) is 2. The lowest BCUT2D eigenvalue weighted by molar-refractivity contribution is 0.0971. The minimum atomic E-state index is -0.659. The summed E-state index contributed by atoms with van der Waals surface area (Å²) in [5.74, 6) is 0.372. The van der Waals surface area contributed by atoms with Gasteiger partial charge < -0.3 is 9.15 Å². The van der Waals surface area contributed by atoms with E-state index in [1.54, 1.807) is 23.1 Å². The molecule has 0 aliphatic carbocycles. The molecule has 5 rings (SSSR count). The summed E-state index contributed by atoms with van der Waals surface area (Å²) in [6.07, 6.45) is 0.879. The first-order valence-electron chi connectivity index (χ1n) is 10.2. The van der Waals surface area contributed by atoms with E-state index >= 15 is 0 Å². The average molecular weight is 511 g/mol. The summed E-state index contributed by atoms with van der Waals surface area (Å²) in [5, 5.41) is 2.83. The van der Waals surface area contributed by atoms with Gasteiger partial charge in [0.15, 0.2) is 10.6 Å². The van der Waals surface area contributed by atoms with Crippen molar-refractivity contribution in [2.45, 2.75) is 26.3 Å². The summed E-state index contributed by atoms with van der Waals surface area (Å²) in [6, 6.07) is 12.0. The molecule has 6 nitrogen and oxygen atoms in total. The van der Waals surface area contributed by atoms with Crippen molar-refractivity contribution in [3.8, 4) is 5.75 Å². The molecule has 0 unspecified atom stereocenters. The fraction of sp³-hybridized carbons (Fsp3) is 0.208. The van der Waals surface area contributed by atoms with E-state index in [0.29, 0.717) is 34.0 Å². The number of carbonyl (C=O) groups excluding carboxylic acids is 1. The minimum absolute atomic E-state index is 0.0579. The molecule has 1 aliphatic rings. The highest BCUT2D eigenvalue weighted by molar-refractivity contribution is 9.10. The summed E-state index contributed by atoms with van der Waals surface area (Å²) in [4.78, 5) is 33.2. The lowest BCUT2D eigenvalue weighted by Crippen LogP contribution is -2.29. The van der Waals surface area contributed by atoms with Crippen molar-refractivity contribution < 1.29 is 13.9 Å². The zero-order chi connectivity index (χ0) is 22.4. The molecular formula is C24H19BrN2O4S. The minimum Gasteiger partial charge on any atom is -0.494 e. The van der Waals surface area contributed by atoms with Crippen LogP contribution < -0.4 is 15.1 Å². The molecule has 0 spiro atoms. The van der Waals surface area contributed by atoms with Crippen LogP contribution in [0.15, 0.2) is 61.5 Å². The summed E-state index contributed by atoms with van der Waals surface area (Å²) in [7, 11) is 0. The van der Waals surface area contributed by atoms with Crippen LogP contribution in [0.1, 0.15) is 46.8 Å². The van der Waals surface area contributed by atoms with Crippen LogP contribution in [0.4, 0.5) is 5.13 Å². The Bertz CT molecular complexity index is 1410. The highest BCUT2D eigenvalue weighted by atomic mass is 79.9. The molecule has 1 aliphatic heterocycles. The van der Waals surface area contributed by atoms with Crippen molar-refractivity contribution in [1.29, 1.82) is 0 Å². The molecular weight excluding hydrogens is 492 g/mol. The zero-order valence-electron chi connectivity index (χ0n) is 17.4. The third-order valence-electron chi connectivity index (χ3n) is 5.29. The molecule has 0 radical (unpaired) electrons. The lowest BCUT2D eigenvalue weighted by Gasteiger charge is -2.23. The Balaban J connectivity index is 1.76. The van der Waals surface area contributed by atoms with Crippen LogP contribution in [0.2, 0.25) is 0 Å². The third kappa shape index (κ3) is 3.43. The summed E-state index contributed by atoms with van der Waals surface area (Å²) in [6.45, 7) is 4.49. The monoisotopic (exact) mass is 510 g/mol. The van der Waals surface area contributed by atoms with E-state index in [1.807, 2.05) is 43.5 Å². The summed E-state index contributed by atoms with van der Waals surface area (Å²) in [5.41, 5.74) is 2.04. The fourth-order valence-corrected chi connectivity index (χ4v) is 5.09. The van der Waals surface area contributed by atoms with Gasteiger partial charge in [0.2, 0.25) is 5.76 Å². The number of rotatable bonds is 5. The van der Waals surface area contributed by atoms with Crippen molar-refractivity contribution >= 4 is 49.3 Å². The number of ether oxygens (including phenoxy) is 1. The number of aromatic nitrogens is 1. The number of fused-ring (bicyclic) bond motifs is 2. The molecule has 3 heterocycles. The quantitative estimate of drug-likeness (QED) is 0.336. The first-order chi connectivity index (χ1) is 15.5. The topological polar surface area (TPSA) is 72.6 Å². The molecule has 2 aromatic carbocycles. The van der Waals surface area contributed by atoms with E-state index in [9.17, 15) is 9.59 Å². The summed E-state index contributed by atoms with van der Waals surface area (Å²) < 4.78 is 12.6. The Labute approximate surface area is 196 Å². The van der Waals surface area contributed by atoms with Crippen LogP contribution in [-0.4, -0.2) is 17.5 Å². The van der Waals surface area contributed by atoms with Gasteiger partial charge in [-0.2, -0.15) is 0 Å². The normalized spacial score (nSPS) is 15.4. The molecule has 4 aromatic rings. The van der Waals surface area contributed by atoms with Crippen molar-refractivity contribution in [3.05, 3.63) is 85.1 Å². The number of hydrogen-bond donors (Lipinski definition) is 0. The van der Waals surface area contributed by atoms with Crippen LogP contribution >= 0.6 is 27.3 Å². The number of benzene rings is 2. The molecule has 1 amide bonds. The van der Waals surface area contributed by atoms with Gasteiger partial charge in [0.1, 0.15) is 11.3 Å². The molecule has 0 saturated heterocycles. The Morgan fingerprint density at radius 2 is 2.06 bits per heavy atom. The summed E-state index contributed by atoms with van der Waals surface area (Å²) >= 11 is 4.78. The maximum Gasteiger partial charge on any atom is 0.297 e. The second-order valence-electron chi connectivity index (χ2n) is 7.58. The number of aryl methyl sites for hydroxylation is 1. The number of anilines is 1. The number of carbonyl (C=O) groups is 1. The number of halogens is 1. The second kappa shape index (κ2) is 8.18. The maximum absolute atomic E-state index is 13.6. The molecule has 1 atom stereocenters. The lowest BCUT2D eigenvalue weighted by atomic mass is 9.98. The first-order valence-corrected chi connectivity index (χ1v) is 11.9. The van der Waals surface area contributed by atoms with E-state index in [-0.39, 0.29) is 17.1 Å². The molecule has 0 saturated carbocycles. The SMILES string of the molecule is CCCOc1cccc([C@@H]2c3c(oc4ccc(Br)cc4c3=O)C(=O)N2c2nc(C)cs2)c1. The number of hydrogen-bond acceptors (Lipinski definition) is 6. The highest BCUT2D eigenvalue weighted by Crippen LogP contribution is 2.42. The Morgan fingerprint density at radius 1 is 1.22 bits per heavy atom. The van der Waals surface area contributed by atoms with Gasteiger partial charge in [0.05, 0.1) is 29.3 Å². The van der Waals surface area contributed by atoms with Crippen molar-refractivity contribution in [2.75, 3.05) is 11.5 Å². The maximum atomic E-state index is 13.6. The molecule has 0 N–H and O–H groups in total. The van der Waals surface area contributed by atoms with Gasteiger partial charge in [-0.25, -0.2) is 4.98 Å². The van der Waals surface area contributed by atoms with Crippen LogP contribution in [0.3, 0.4) is 0 Å². The van der Waals surface area contributed by atoms with Gasteiger partial charge in [-0.1, -0.05) is 35.0 Å². The molecule has 0 fully saturated rings. The zero-order valence-corrected chi connectivity index (χ0v) is 19.8.